The van der Waals surface area contributed by atoms with Crippen LogP contribution in [0.15, 0.2) is 41.5 Å². The van der Waals surface area contributed by atoms with E-state index in [-0.39, 0.29) is 50.7 Å². The number of ether oxygens (including phenoxy) is 3. The minimum absolute atomic E-state index is 0.0249. The molecule has 2 atom stereocenters. The van der Waals surface area contributed by atoms with E-state index in [2.05, 4.69) is 16.9 Å². The van der Waals surface area contributed by atoms with E-state index in [4.69, 9.17) is 41.8 Å². The summed E-state index contributed by atoms with van der Waals surface area (Å²) in [5.74, 6) is -0.117. The van der Waals surface area contributed by atoms with Crippen LogP contribution in [0.2, 0.25) is 10.0 Å². The van der Waals surface area contributed by atoms with Gasteiger partial charge >= 0.3 is 0 Å². The molecule has 0 spiro atoms. The smallest absolute Gasteiger partial charge is 0.243 e. The molecule has 3 heterocycles. The largest absolute Gasteiger partial charge is 0.495 e. The molecule has 1 saturated heterocycles. The second kappa shape index (κ2) is 10.7. The Morgan fingerprint density at radius 2 is 1.91 bits per heavy atom. The van der Waals surface area contributed by atoms with E-state index >= 15 is 0 Å². The molecule has 0 radical (unpaired) electrons. The Morgan fingerprint density at radius 3 is 2.57 bits per heavy atom. The molecule has 1 aromatic carbocycles. The molecule has 184 valence electrons. The van der Waals surface area contributed by atoms with Gasteiger partial charge in [-0.3, -0.25) is 14.6 Å². The van der Waals surface area contributed by atoms with Gasteiger partial charge in [0.2, 0.25) is 11.7 Å². The standard InChI is InChI=1S/C25H24Cl2N2O6/c1-4-21(30)29-16-5-6-34-12-14(16)8-15-7-13-9-19(35-20(13)11-28-15)25(31)22-23(26)17(32-2)10-18(33-3)24(22)27/h4,7,9-11,14,16H,1,5-6,8,12H2,2-3H3,(H,29,30). The minimum atomic E-state index is -0.511. The lowest BCUT2D eigenvalue weighted by molar-refractivity contribution is -0.118. The number of halogens is 2. The summed E-state index contributed by atoms with van der Waals surface area (Å²) in [5.41, 5.74) is 1.25. The first-order valence-electron chi connectivity index (χ1n) is 10.9. The van der Waals surface area contributed by atoms with Crippen molar-refractivity contribution in [1.29, 1.82) is 0 Å². The van der Waals surface area contributed by atoms with Crippen molar-refractivity contribution in [3.63, 3.8) is 0 Å². The second-order valence-corrected chi connectivity index (χ2v) is 8.84. The van der Waals surface area contributed by atoms with Crippen LogP contribution in [0.3, 0.4) is 0 Å². The first-order chi connectivity index (χ1) is 16.9. The van der Waals surface area contributed by atoms with E-state index in [0.29, 0.717) is 37.0 Å². The van der Waals surface area contributed by atoms with Gasteiger partial charge in [0, 0.05) is 35.7 Å². The van der Waals surface area contributed by atoms with E-state index in [1.807, 2.05) is 6.07 Å². The van der Waals surface area contributed by atoms with Crippen LogP contribution in [0.25, 0.3) is 11.0 Å². The van der Waals surface area contributed by atoms with Crippen LogP contribution in [0.5, 0.6) is 11.5 Å². The van der Waals surface area contributed by atoms with Crippen LogP contribution in [-0.4, -0.2) is 50.1 Å². The average Bonchev–Trinajstić information content (AvgIpc) is 3.29. The Morgan fingerprint density at radius 1 is 1.20 bits per heavy atom. The number of nitrogens with one attached hydrogen (secondary N) is 1. The summed E-state index contributed by atoms with van der Waals surface area (Å²) >= 11 is 12.8. The van der Waals surface area contributed by atoms with Gasteiger partial charge in [-0.05, 0) is 31.1 Å². The molecule has 0 aliphatic carbocycles. The highest BCUT2D eigenvalue weighted by molar-refractivity contribution is 6.42. The highest BCUT2D eigenvalue weighted by Gasteiger charge is 2.28. The number of methoxy groups -OCH3 is 2. The molecular weight excluding hydrogens is 495 g/mol. The molecule has 1 fully saturated rings. The molecule has 3 aromatic rings. The summed E-state index contributed by atoms with van der Waals surface area (Å²) in [6.45, 7) is 4.60. The fourth-order valence-electron chi connectivity index (χ4n) is 4.12. The highest BCUT2D eigenvalue weighted by Crippen LogP contribution is 2.41. The Balaban J connectivity index is 1.62. The van der Waals surface area contributed by atoms with Crippen molar-refractivity contribution < 1.29 is 28.2 Å². The number of carbonyl (C=O) groups is 2. The third-order valence-electron chi connectivity index (χ3n) is 5.94. The average molecular weight is 519 g/mol. The lowest BCUT2D eigenvalue weighted by atomic mass is 9.91. The molecular formula is C25H24Cl2N2O6. The summed E-state index contributed by atoms with van der Waals surface area (Å²) in [6.07, 6.45) is 4.12. The zero-order valence-electron chi connectivity index (χ0n) is 19.2. The topological polar surface area (TPSA) is 99.9 Å². The molecule has 1 aliphatic rings. The molecule has 2 unspecified atom stereocenters. The molecule has 0 saturated carbocycles. The van der Waals surface area contributed by atoms with Gasteiger partial charge in [0.05, 0.1) is 42.6 Å². The summed E-state index contributed by atoms with van der Waals surface area (Å²) < 4.78 is 21.9. The molecule has 8 nitrogen and oxygen atoms in total. The number of aromatic nitrogens is 1. The highest BCUT2D eigenvalue weighted by atomic mass is 35.5. The van der Waals surface area contributed by atoms with Gasteiger partial charge in [0.15, 0.2) is 11.3 Å². The van der Waals surface area contributed by atoms with Crippen LogP contribution in [0, 0.1) is 5.92 Å². The molecule has 2 aromatic heterocycles. The van der Waals surface area contributed by atoms with Crippen molar-refractivity contribution in [2.75, 3.05) is 27.4 Å². The van der Waals surface area contributed by atoms with Crippen molar-refractivity contribution in [2.45, 2.75) is 18.9 Å². The number of rotatable bonds is 8. The predicted octanol–water partition coefficient (Wildman–Crippen LogP) is 4.63. The van der Waals surface area contributed by atoms with Crippen LogP contribution in [0.1, 0.15) is 28.2 Å². The molecule has 1 amide bonds. The quantitative estimate of drug-likeness (QED) is 0.342. The number of amides is 1. The second-order valence-electron chi connectivity index (χ2n) is 8.08. The van der Waals surface area contributed by atoms with Crippen molar-refractivity contribution in [1.82, 2.24) is 10.3 Å². The van der Waals surface area contributed by atoms with E-state index in [1.165, 1.54) is 26.4 Å². The third-order valence-corrected chi connectivity index (χ3v) is 6.69. The normalized spacial score (nSPS) is 17.7. The summed E-state index contributed by atoms with van der Waals surface area (Å²) in [7, 11) is 2.86. The molecule has 1 aliphatic heterocycles. The van der Waals surface area contributed by atoms with Crippen LogP contribution in [0.4, 0.5) is 0 Å². The summed E-state index contributed by atoms with van der Waals surface area (Å²) in [6, 6.07) is 4.94. The molecule has 0 bridgehead atoms. The van der Waals surface area contributed by atoms with Crippen LogP contribution < -0.4 is 14.8 Å². The van der Waals surface area contributed by atoms with Crippen LogP contribution in [-0.2, 0) is 16.0 Å². The van der Waals surface area contributed by atoms with E-state index < -0.39 is 5.78 Å². The van der Waals surface area contributed by atoms with Gasteiger partial charge in [0.1, 0.15) is 11.5 Å². The summed E-state index contributed by atoms with van der Waals surface area (Å²) in [4.78, 5) is 29.6. The minimum Gasteiger partial charge on any atom is -0.495 e. The van der Waals surface area contributed by atoms with E-state index in [0.717, 1.165) is 5.69 Å². The van der Waals surface area contributed by atoms with Gasteiger partial charge < -0.3 is 23.9 Å². The maximum absolute atomic E-state index is 13.3. The number of hydrogen-bond donors (Lipinski definition) is 1. The molecule has 10 heteroatoms. The monoisotopic (exact) mass is 518 g/mol. The Bertz CT molecular complexity index is 1260. The zero-order valence-corrected chi connectivity index (χ0v) is 20.7. The number of furan rings is 1. The maximum Gasteiger partial charge on any atom is 0.243 e. The number of fused-ring (bicyclic) bond motifs is 1. The van der Waals surface area contributed by atoms with E-state index in [9.17, 15) is 9.59 Å². The lowest BCUT2D eigenvalue weighted by Crippen LogP contribution is -2.45. The fourth-order valence-corrected chi connectivity index (χ4v) is 4.79. The van der Waals surface area contributed by atoms with Crippen molar-refractivity contribution in [3.8, 4) is 11.5 Å². The molecule has 35 heavy (non-hydrogen) atoms. The predicted molar refractivity (Wildman–Crippen MR) is 132 cm³/mol. The Kier molecular flexibility index (Phi) is 7.64. The Hall–Kier alpha value is -3.07. The number of nitrogens with zero attached hydrogens (tertiary/aromatic N) is 1. The van der Waals surface area contributed by atoms with Gasteiger partial charge in [0.25, 0.3) is 0 Å². The van der Waals surface area contributed by atoms with Crippen molar-refractivity contribution in [3.05, 3.63) is 64.1 Å². The molecule has 4 rings (SSSR count). The van der Waals surface area contributed by atoms with Crippen molar-refractivity contribution >= 4 is 45.9 Å². The summed E-state index contributed by atoms with van der Waals surface area (Å²) in [5, 5.41) is 3.79. The first-order valence-corrected chi connectivity index (χ1v) is 11.7. The van der Waals surface area contributed by atoms with Crippen LogP contribution >= 0.6 is 23.2 Å². The lowest BCUT2D eigenvalue weighted by Gasteiger charge is -2.31. The third kappa shape index (κ3) is 5.15. The number of hydrogen-bond acceptors (Lipinski definition) is 7. The zero-order chi connectivity index (χ0) is 25.1. The number of carbonyl (C=O) groups excluding carboxylic acids is 2. The number of ketones is 1. The van der Waals surface area contributed by atoms with Gasteiger partial charge in [-0.2, -0.15) is 0 Å². The first kappa shape index (κ1) is 25.0. The van der Waals surface area contributed by atoms with Gasteiger partial charge in [-0.15, -0.1) is 0 Å². The van der Waals surface area contributed by atoms with Crippen molar-refractivity contribution in [2.24, 2.45) is 5.92 Å². The fraction of sp³-hybridized carbons (Fsp3) is 0.320. The Labute approximate surface area is 212 Å². The van der Waals surface area contributed by atoms with E-state index in [1.54, 1.807) is 12.3 Å². The number of pyridine rings is 1. The molecule has 1 N–H and O–H groups in total. The van der Waals surface area contributed by atoms with Gasteiger partial charge in [-0.1, -0.05) is 29.8 Å². The number of benzene rings is 1. The SMILES string of the molecule is C=CC(=O)NC1CCOCC1Cc1cc2cc(C(=O)c3c(Cl)c(OC)cc(OC)c3Cl)oc2cn1. The van der Waals surface area contributed by atoms with Gasteiger partial charge in [-0.25, -0.2) is 0 Å². The maximum atomic E-state index is 13.3.